The van der Waals surface area contributed by atoms with Crippen LogP contribution >= 0.6 is 0 Å². The van der Waals surface area contributed by atoms with Crippen molar-refractivity contribution in [1.29, 1.82) is 0 Å². The van der Waals surface area contributed by atoms with Crippen molar-refractivity contribution in [1.82, 2.24) is 23.3 Å². The standard InChI is InChI=1S/C82H54N6O.Pt/c1-82(2,3)53-44-45-83-78(46-53)88-74-40-18-13-31-64(74)65-43-42-57(50-76(65)88)89-56-25-19-24-54(47-56)84-51-85-80-68(35-21-41-75(80)87-72-38-16-11-29-62(72)63-30-12-17-39-73(63)87)67-34-20-33-58(52-22-5-4-6-23-52)79(67)66-32-8-7-26-59(66)69-48-55(49-77(84)81(69)85)86-70-36-14-9-27-60(70)61-28-10-15-37-71(61)86;/h4-46,48-49H,1-3H3;/q-2;/i4D,5D,6D,22D,23D;. The number of para-hydroxylation sites is 6. The van der Waals surface area contributed by atoms with Crippen molar-refractivity contribution < 1.29 is 37.2 Å². The Hall–Kier alpha value is -10.9. The van der Waals surface area contributed by atoms with Crippen molar-refractivity contribution in [3.05, 3.63) is 297 Å². The zero-order chi connectivity index (χ0) is 63.4. The molecule has 17 aromatic rings. The molecule has 1 aliphatic heterocycles. The number of imidazole rings is 1. The largest absolute Gasteiger partial charge is 0.510 e. The van der Waals surface area contributed by atoms with Gasteiger partial charge in [-0.25, -0.2) is 4.98 Å². The summed E-state index contributed by atoms with van der Waals surface area (Å²) in [6.07, 6.45) is 5.92. The van der Waals surface area contributed by atoms with Gasteiger partial charge in [0, 0.05) is 71.5 Å². The summed E-state index contributed by atoms with van der Waals surface area (Å²) in [4.78, 5) is 4.94. The number of benzene rings is 12. The molecule has 5 aromatic heterocycles. The third-order valence-corrected chi connectivity index (χ3v) is 17.9. The van der Waals surface area contributed by atoms with Crippen LogP contribution in [-0.4, -0.2) is 23.3 Å². The van der Waals surface area contributed by atoms with Gasteiger partial charge in [-0.05, 0) is 127 Å². The molecule has 0 unspecified atom stereocenters. The molecular weight excluding hydrogens is 1280 g/mol. The molecule has 1 aliphatic rings. The van der Waals surface area contributed by atoms with Crippen LogP contribution in [0, 0.1) is 18.5 Å². The minimum Gasteiger partial charge on any atom is -0.510 e. The molecule has 0 N–H and O–H groups in total. The average Bonchev–Trinajstić information content (AvgIpc) is 1.60. The first kappa shape index (κ1) is 48.2. The van der Waals surface area contributed by atoms with Gasteiger partial charge in [-0.2, -0.15) is 18.2 Å². The van der Waals surface area contributed by atoms with Gasteiger partial charge in [0.2, 0.25) is 0 Å². The molecule has 0 saturated heterocycles. The Morgan fingerprint density at radius 1 is 0.456 bits per heavy atom. The van der Waals surface area contributed by atoms with Gasteiger partial charge in [0.05, 0.1) is 51.3 Å². The normalized spacial score (nSPS) is 12.9. The van der Waals surface area contributed by atoms with Crippen LogP contribution in [0.1, 0.15) is 33.2 Å². The first-order valence-corrected chi connectivity index (χ1v) is 30.0. The third-order valence-electron chi connectivity index (χ3n) is 17.9. The molecule has 430 valence electrons. The van der Waals surface area contributed by atoms with Crippen molar-refractivity contribution in [2.75, 3.05) is 0 Å². The minimum absolute atomic E-state index is 0. The van der Waals surface area contributed by atoms with Gasteiger partial charge in [0.25, 0.3) is 6.33 Å². The van der Waals surface area contributed by atoms with E-state index in [1.807, 2.05) is 54.7 Å². The Morgan fingerprint density at radius 3 is 1.69 bits per heavy atom. The fraction of sp³-hybridized carbons (Fsp3) is 0.0488. The van der Waals surface area contributed by atoms with E-state index in [9.17, 15) is 2.74 Å². The van der Waals surface area contributed by atoms with Gasteiger partial charge in [-0.1, -0.05) is 202 Å². The summed E-state index contributed by atoms with van der Waals surface area (Å²) in [6, 6.07) is 87.5. The molecule has 0 fully saturated rings. The topological polar surface area (TPSA) is 45.7 Å². The van der Waals surface area contributed by atoms with Gasteiger partial charge in [-0.3, -0.25) is 4.57 Å². The molecule has 7 nitrogen and oxygen atoms in total. The predicted molar refractivity (Wildman–Crippen MR) is 363 cm³/mol. The van der Waals surface area contributed by atoms with E-state index in [1.165, 1.54) is 5.56 Å². The summed E-state index contributed by atoms with van der Waals surface area (Å²) in [5.41, 5.74) is 17.3. The monoisotopic (exact) mass is 1340 g/mol. The predicted octanol–water partition coefficient (Wildman–Crippen LogP) is 20.1. The van der Waals surface area contributed by atoms with E-state index < -0.39 is 18.1 Å². The molecule has 0 atom stereocenters. The molecule has 0 bridgehead atoms. The summed E-state index contributed by atoms with van der Waals surface area (Å²) >= 11 is 0. The number of fused-ring (bicyclic) bond motifs is 16. The van der Waals surface area contributed by atoms with E-state index in [0.29, 0.717) is 22.7 Å². The van der Waals surface area contributed by atoms with Crippen LogP contribution in [0.3, 0.4) is 0 Å². The van der Waals surface area contributed by atoms with E-state index >= 15 is 0 Å². The molecule has 0 spiro atoms. The second-order valence-corrected chi connectivity index (χ2v) is 23.9. The molecule has 8 heteroatoms. The van der Waals surface area contributed by atoms with Crippen molar-refractivity contribution in [3.8, 4) is 84.6 Å². The molecule has 90 heavy (non-hydrogen) atoms. The van der Waals surface area contributed by atoms with Gasteiger partial charge in [0.1, 0.15) is 5.82 Å². The molecule has 0 saturated carbocycles. The van der Waals surface area contributed by atoms with Crippen LogP contribution < -0.4 is 9.30 Å². The Kier molecular flexibility index (Phi) is 11.0. The van der Waals surface area contributed by atoms with Crippen LogP contribution in [0.2, 0.25) is 0 Å². The maximum atomic E-state index is 9.55. The maximum absolute atomic E-state index is 9.55. The Bertz CT molecular complexity index is 5970. The molecule has 0 aliphatic carbocycles. The van der Waals surface area contributed by atoms with E-state index in [2.05, 4.69) is 250 Å². The SMILES string of the molecule is [2H]c1c([2H])c([2H])c(-c2cccc3c2-c2ccccc2-c2cc(-n4c5ccccc5c5ccccc54)cc4c2[n+]([c-]n4-c2[c-]c(Oc4[c-]c5c(cc4)c4ccccc4n5-c4cc(C(C)(C)C)ccn4)ccc2)-c2c-3cccc2-n2c3ccccc3c3ccccc32)c([2H])c1[2H].[Pt]. The van der Waals surface area contributed by atoms with E-state index in [4.69, 9.17) is 13.8 Å². The van der Waals surface area contributed by atoms with Crippen molar-refractivity contribution in [3.63, 3.8) is 0 Å². The summed E-state index contributed by atoms with van der Waals surface area (Å²) in [6.45, 7) is 6.64. The molecule has 6 heterocycles. The molecule has 12 aromatic carbocycles. The average molecular weight is 1340 g/mol. The van der Waals surface area contributed by atoms with Crippen molar-refractivity contribution >= 4 is 76.5 Å². The molecule has 0 amide bonds. The fourth-order valence-electron chi connectivity index (χ4n) is 14.0. The first-order chi connectivity index (χ1) is 45.9. The Morgan fingerprint density at radius 2 is 1.01 bits per heavy atom. The molecule has 18 rings (SSSR count). The van der Waals surface area contributed by atoms with Crippen LogP contribution in [0.15, 0.2) is 273 Å². The van der Waals surface area contributed by atoms with Crippen LogP contribution in [0.25, 0.3) is 150 Å². The maximum Gasteiger partial charge on any atom is 0.268 e. The van der Waals surface area contributed by atoms with E-state index in [-0.39, 0.29) is 44.1 Å². The number of pyridine rings is 1. The van der Waals surface area contributed by atoms with E-state index in [0.717, 1.165) is 133 Å². The second-order valence-electron chi connectivity index (χ2n) is 23.9. The zero-order valence-corrected chi connectivity index (χ0v) is 51.3. The van der Waals surface area contributed by atoms with Crippen molar-refractivity contribution in [2.45, 2.75) is 26.2 Å². The molecular formula is C82H54N6OPt-2. The zero-order valence-electron chi connectivity index (χ0n) is 54.0. The van der Waals surface area contributed by atoms with Gasteiger partial charge >= 0.3 is 0 Å². The van der Waals surface area contributed by atoms with Gasteiger partial charge in [-0.15, -0.1) is 29.7 Å². The number of ether oxygens (including phenoxy) is 1. The summed E-state index contributed by atoms with van der Waals surface area (Å²) < 4.78 is 64.0. The quantitative estimate of drug-likeness (QED) is 0.118. The van der Waals surface area contributed by atoms with Crippen LogP contribution in [0.5, 0.6) is 11.5 Å². The number of rotatable bonds is 7. The summed E-state index contributed by atoms with van der Waals surface area (Å²) in [7, 11) is 0. The molecule has 0 radical (unpaired) electrons. The van der Waals surface area contributed by atoms with Crippen LogP contribution in [0.4, 0.5) is 0 Å². The number of hydrogen-bond donors (Lipinski definition) is 0. The fourth-order valence-corrected chi connectivity index (χ4v) is 14.0. The van der Waals surface area contributed by atoms with Gasteiger partial charge in [0.15, 0.2) is 0 Å². The number of hydrogen-bond acceptors (Lipinski definition) is 2. The summed E-state index contributed by atoms with van der Waals surface area (Å²) in [5, 5.41) is 6.53. The number of nitrogens with zero attached hydrogens (tertiary/aromatic N) is 6. The second kappa shape index (κ2) is 20.6. The Labute approximate surface area is 541 Å². The van der Waals surface area contributed by atoms with Crippen molar-refractivity contribution in [2.24, 2.45) is 0 Å². The summed E-state index contributed by atoms with van der Waals surface area (Å²) in [5.74, 6) is 1.78. The van der Waals surface area contributed by atoms with E-state index in [1.54, 1.807) is 0 Å². The Balaban J connectivity index is 0.00000684. The van der Waals surface area contributed by atoms with Crippen LogP contribution in [-0.2, 0) is 26.5 Å². The van der Waals surface area contributed by atoms with Gasteiger partial charge < -0.3 is 23.0 Å². The first-order valence-electron chi connectivity index (χ1n) is 32.5. The third kappa shape index (κ3) is 8.16. The smallest absolute Gasteiger partial charge is 0.268 e. The minimum atomic E-state index is -0.451. The number of aromatic nitrogens is 6.